The molecular weight excluding hydrogens is 867 g/mol. The Labute approximate surface area is 372 Å². The number of cyclic esters (lactones) is 1. The van der Waals surface area contributed by atoms with Crippen LogP contribution in [0.3, 0.4) is 0 Å². The minimum atomic E-state index is -3.46. The summed E-state index contributed by atoms with van der Waals surface area (Å²) in [7, 11) is -6.86. The topological polar surface area (TPSA) is 316 Å². The van der Waals surface area contributed by atoms with E-state index in [4.69, 9.17) is 9.26 Å². The first kappa shape index (κ1) is 60.1. The molecule has 22 nitrogen and oxygen atoms in total. The Morgan fingerprint density at radius 1 is 0.730 bits per heavy atom. The van der Waals surface area contributed by atoms with Gasteiger partial charge in [0.25, 0.3) is 11.5 Å². The highest BCUT2D eigenvalue weighted by atomic mass is 32.2. The van der Waals surface area contributed by atoms with E-state index in [2.05, 4.69) is 62.0 Å². The van der Waals surface area contributed by atoms with Crippen molar-refractivity contribution in [1.29, 1.82) is 0 Å². The van der Waals surface area contributed by atoms with E-state index < -0.39 is 55.1 Å². The van der Waals surface area contributed by atoms with Gasteiger partial charge in [0.1, 0.15) is 12.3 Å². The second-order valence-electron chi connectivity index (χ2n) is 20.6. The number of carbonyl (C=O) groups is 5. The first-order valence-corrected chi connectivity index (χ1v) is 23.3. The van der Waals surface area contributed by atoms with Crippen LogP contribution < -0.4 is 25.6 Å². The molecule has 1 atom stereocenters. The summed E-state index contributed by atoms with van der Waals surface area (Å²) in [5, 5.41) is 21.6. The highest BCUT2D eigenvalue weighted by Gasteiger charge is 2.41. The molecule has 3 aliphatic heterocycles. The molecule has 4 rings (SSSR count). The molecular formula is C39H71N9O13S2. The van der Waals surface area contributed by atoms with E-state index in [1.807, 2.05) is 67.0 Å². The van der Waals surface area contributed by atoms with Crippen molar-refractivity contribution in [3.63, 3.8) is 0 Å². The van der Waals surface area contributed by atoms with Crippen LogP contribution in [0.1, 0.15) is 137 Å². The Balaban J connectivity index is 0. The molecule has 362 valence electrons. The van der Waals surface area contributed by atoms with Crippen molar-refractivity contribution in [3.8, 4) is 0 Å². The van der Waals surface area contributed by atoms with Crippen molar-refractivity contribution in [1.82, 2.24) is 25.2 Å². The number of imide groups is 1. The molecule has 0 aliphatic carbocycles. The highest BCUT2D eigenvalue weighted by Crippen LogP contribution is 2.25. The number of carbonyl (C=O) groups excluding carboxylic acids is 5. The van der Waals surface area contributed by atoms with Gasteiger partial charge in [-0.1, -0.05) is 109 Å². The van der Waals surface area contributed by atoms with E-state index >= 15 is 0 Å². The van der Waals surface area contributed by atoms with Crippen LogP contribution in [0.5, 0.6) is 0 Å². The van der Waals surface area contributed by atoms with Crippen molar-refractivity contribution < 1.29 is 54.9 Å². The van der Waals surface area contributed by atoms with Crippen LogP contribution >= 0.6 is 0 Å². The second-order valence-corrected chi connectivity index (χ2v) is 24.1. The lowest BCUT2D eigenvalue weighted by molar-refractivity contribution is -0.140. The number of aromatic nitrogens is 1. The Bertz CT molecular complexity index is 2110. The fourth-order valence-corrected chi connectivity index (χ4v) is 4.78. The number of hydrogen-bond acceptors (Lipinski definition) is 17. The van der Waals surface area contributed by atoms with E-state index in [-0.39, 0.29) is 39.1 Å². The standard InChI is InChI=1S/C7H11NO3.2C7H11NO2.C6H11N3.C6H14N2O3S.C6H13NO3S/c1-7(2,3)4-5(9)8-6(10)11-4;1-7(2,3)5-4-6(9)8-10-5;1-7(2,3)5-4-6(9)10-8-5;1-6(2,3)5-4-7-9-8-5;1-6(2,3)7-5(9)8-12(4,10)11;1-6(2,3)5(8)7-11(4,9)10/h4H,1-3H3,(H,8,9,10);4H,1-3H3,(H,8,9);4H2,1-3H3;4H2,1-3H3;1-4H3,(H2,7,8,9);1-4H3,(H,7,8). The number of aromatic amines is 1. The summed E-state index contributed by atoms with van der Waals surface area (Å²) >= 11 is 0. The van der Waals surface area contributed by atoms with Gasteiger partial charge in [-0.3, -0.25) is 24.4 Å². The number of H-pyrrole nitrogens is 1. The number of ether oxygens (including phenoxy) is 1. The molecule has 1 saturated heterocycles. The van der Waals surface area contributed by atoms with Gasteiger partial charge in [0.2, 0.25) is 26.0 Å². The van der Waals surface area contributed by atoms with Crippen LogP contribution in [0.4, 0.5) is 9.59 Å². The Kier molecular flexibility index (Phi) is 22.0. The van der Waals surface area contributed by atoms with Crippen LogP contribution in [0, 0.1) is 21.7 Å². The lowest BCUT2D eigenvalue weighted by atomic mass is 9.88. The molecule has 5 N–H and O–H groups in total. The fourth-order valence-electron chi connectivity index (χ4n) is 3.75. The van der Waals surface area contributed by atoms with E-state index in [1.165, 1.54) is 6.07 Å². The Morgan fingerprint density at radius 3 is 1.41 bits per heavy atom. The molecule has 0 aromatic carbocycles. The van der Waals surface area contributed by atoms with Crippen molar-refractivity contribution in [3.05, 3.63) is 22.2 Å². The van der Waals surface area contributed by atoms with Crippen molar-refractivity contribution in [2.45, 2.75) is 148 Å². The molecule has 1 unspecified atom stereocenters. The number of amides is 5. The van der Waals surface area contributed by atoms with Crippen molar-refractivity contribution in [2.75, 3.05) is 19.1 Å². The molecule has 4 heterocycles. The zero-order valence-electron chi connectivity index (χ0n) is 40.5. The average molecular weight is 938 g/mol. The average Bonchev–Trinajstić information content (AvgIpc) is 3.83. The third-order valence-electron chi connectivity index (χ3n) is 7.21. The maximum atomic E-state index is 11.0. The van der Waals surface area contributed by atoms with Gasteiger partial charge >= 0.3 is 18.1 Å². The van der Waals surface area contributed by atoms with Crippen LogP contribution in [0.2, 0.25) is 0 Å². The lowest BCUT2D eigenvalue weighted by Gasteiger charge is -2.21. The maximum Gasteiger partial charge on any atom is 0.414 e. The zero-order valence-corrected chi connectivity index (χ0v) is 42.1. The smallest absolute Gasteiger partial charge is 0.414 e. The number of rotatable bonds is 2. The van der Waals surface area contributed by atoms with Gasteiger partial charge in [-0.2, -0.15) is 10.3 Å². The number of hydrogen-bond donors (Lipinski definition) is 5. The Morgan fingerprint density at radius 2 is 1.22 bits per heavy atom. The molecule has 1 aromatic heterocycles. The van der Waals surface area contributed by atoms with Crippen LogP contribution in [-0.2, 0) is 49.4 Å². The van der Waals surface area contributed by atoms with Crippen LogP contribution in [0.15, 0.2) is 36.0 Å². The predicted molar refractivity (Wildman–Crippen MR) is 239 cm³/mol. The van der Waals surface area contributed by atoms with Crippen molar-refractivity contribution in [2.24, 2.45) is 42.3 Å². The largest absolute Gasteiger partial charge is 0.435 e. The Hall–Kier alpha value is -5.00. The van der Waals surface area contributed by atoms with Gasteiger partial charge in [0, 0.05) is 38.7 Å². The first-order valence-electron chi connectivity index (χ1n) is 19.5. The molecule has 0 bridgehead atoms. The third-order valence-corrected chi connectivity index (χ3v) is 8.33. The molecule has 0 radical (unpaired) electrons. The number of oxime groups is 1. The SMILES string of the molecule is CC(C)(C)C(=O)NS(C)(=O)=O.CC(C)(C)C1=NN=NC1.CC(C)(C)C1=NOC(=O)C1.CC(C)(C)C1OC(=O)NC1=O.CC(C)(C)NC(=O)NS(C)(=O)=O.CC(C)(C)c1cc(=O)[nH]o1. The summed E-state index contributed by atoms with van der Waals surface area (Å²) in [5.74, 6) is -0.384. The molecule has 63 heavy (non-hydrogen) atoms. The third kappa shape index (κ3) is 29.1. The van der Waals surface area contributed by atoms with E-state index in [9.17, 15) is 45.6 Å². The second kappa shape index (κ2) is 23.1. The summed E-state index contributed by atoms with van der Waals surface area (Å²) in [6, 6.07) is 0.769. The van der Waals surface area contributed by atoms with Gasteiger partial charge in [-0.15, -0.1) is 5.10 Å². The molecule has 24 heteroatoms. The summed E-state index contributed by atoms with van der Waals surface area (Å²) in [5.41, 5.74) is 0.327. The number of sulfonamides is 2. The van der Waals surface area contributed by atoms with Gasteiger partial charge in [-0.05, 0) is 26.0 Å². The van der Waals surface area contributed by atoms with E-state index in [0.29, 0.717) is 18.7 Å². The van der Waals surface area contributed by atoms with E-state index in [1.54, 1.807) is 46.3 Å². The number of alkyl carbamates (subject to hydrolysis) is 1. The van der Waals surface area contributed by atoms with Crippen LogP contribution in [0.25, 0.3) is 0 Å². The molecule has 1 fully saturated rings. The van der Waals surface area contributed by atoms with Gasteiger partial charge in [0.15, 0.2) is 6.10 Å². The van der Waals surface area contributed by atoms with Crippen LogP contribution in [-0.4, -0.2) is 94.0 Å². The number of nitrogens with zero attached hydrogens (tertiary/aromatic N) is 4. The van der Waals surface area contributed by atoms with Gasteiger partial charge < -0.3 is 19.4 Å². The molecule has 3 aliphatic rings. The summed E-state index contributed by atoms with van der Waals surface area (Å²) in [4.78, 5) is 69.0. The zero-order chi connectivity index (χ0) is 50.4. The fraction of sp³-hybridized carbons (Fsp3) is 0.744. The normalized spacial score (nSPS) is 16.4. The summed E-state index contributed by atoms with van der Waals surface area (Å²) < 4.78 is 55.5. The number of urea groups is 1. The number of nitrogens with one attached hydrogen (secondary N) is 5. The first-order chi connectivity index (χ1) is 27.7. The van der Waals surface area contributed by atoms with Crippen molar-refractivity contribution >= 4 is 61.4 Å². The summed E-state index contributed by atoms with van der Waals surface area (Å²) in [6.45, 7) is 34.7. The quantitative estimate of drug-likeness (QED) is 0.236. The molecule has 0 saturated carbocycles. The van der Waals surface area contributed by atoms with E-state index in [0.717, 1.165) is 23.9 Å². The minimum Gasteiger partial charge on any atom is -0.435 e. The summed E-state index contributed by atoms with van der Waals surface area (Å²) in [6.07, 6.45) is 0.944. The molecule has 5 amide bonds. The molecule has 1 aromatic rings. The monoisotopic (exact) mass is 937 g/mol. The highest BCUT2D eigenvalue weighted by molar-refractivity contribution is 7.89. The lowest BCUT2D eigenvalue weighted by Crippen LogP contribution is -2.47. The predicted octanol–water partition coefficient (Wildman–Crippen LogP) is 5.27. The van der Waals surface area contributed by atoms with Gasteiger partial charge in [-0.25, -0.2) is 35.9 Å². The minimum absolute atomic E-state index is 0.0356. The maximum absolute atomic E-state index is 11.0. The van der Waals surface area contributed by atoms with Gasteiger partial charge in [0.05, 0.1) is 30.4 Å². The molecule has 0 spiro atoms.